The number of benzene rings is 1. The lowest BCUT2D eigenvalue weighted by Crippen LogP contribution is -2.12. The molecule has 1 aromatic rings. The van der Waals surface area contributed by atoms with E-state index in [4.69, 9.17) is 19.9 Å². The van der Waals surface area contributed by atoms with Crippen LogP contribution in [0.1, 0.15) is 5.56 Å². The van der Waals surface area contributed by atoms with Gasteiger partial charge < -0.3 is 19.9 Å². The smallest absolute Gasteiger partial charge is 0.138 e. The second-order valence-corrected chi connectivity index (χ2v) is 3.51. The molecule has 0 bridgehead atoms. The summed E-state index contributed by atoms with van der Waals surface area (Å²) in [5.74, 6) is 0.642. The molecule has 0 aliphatic carbocycles. The van der Waals surface area contributed by atoms with Crippen LogP contribution in [0, 0.1) is 0 Å². The highest BCUT2D eigenvalue weighted by molar-refractivity contribution is 6.30. The van der Waals surface area contributed by atoms with Crippen molar-refractivity contribution in [3.05, 3.63) is 29.8 Å². The maximum atomic E-state index is 8.57. The fourth-order valence-electron chi connectivity index (χ4n) is 1.29. The first-order chi connectivity index (χ1) is 8.80. The summed E-state index contributed by atoms with van der Waals surface area (Å²) >= 11 is 0. The minimum atomic E-state index is 0.0258. The van der Waals surface area contributed by atoms with E-state index in [1.807, 2.05) is 24.3 Å². The Morgan fingerprint density at radius 3 is 2.56 bits per heavy atom. The van der Waals surface area contributed by atoms with Gasteiger partial charge in [0.15, 0.2) is 0 Å². The second kappa shape index (κ2) is 8.08. The summed E-state index contributed by atoms with van der Waals surface area (Å²) < 4.78 is 10.3. The van der Waals surface area contributed by atoms with Gasteiger partial charge in [-0.3, -0.25) is 0 Å². The summed E-state index contributed by atoms with van der Waals surface area (Å²) in [6.07, 6.45) is 1.85. The monoisotopic (exact) mass is 252 g/mol. The number of hydrogen-bond acceptors (Lipinski definition) is 6. The third-order valence-corrected chi connectivity index (χ3v) is 2.24. The van der Waals surface area contributed by atoms with Crippen LogP contribution in [0.2, 0.25) is 0 Å². The minimum Gasteiger partial charge on any atom is -0.487 e. The highest BCUT2D eigenvalue weighted by Crippen LogP contribution is 2.12. The minimum absolute atomic E-state index is 0.0258. The second-order valence-electron chi connectivity index (χ2n) is 3.51. The normalized spacial score (nSPS) is 11.9. The van der Waals surface area contributed by atoms with Crippen LogP contribution in [0.3, 0.4) is 0 Å². The lowest BCUT2D eigenvalue weighted by molar-refractivity contribution is 0.202. The molecule has 6 nitrogen and oxygen atoms in total. The van der Waals surface area contributed by atoms with Crippen LogP contribution in [0.15, 0.2) is 34.6 Å². The number of hydrogen-bond donors (Lipinski definition) is 2. The van der Waals surface area contributed by atoms with E-state index in [1.165, 1.54) is 0 Å². The molecule has 0 radical (unpaired) electrons. The molecule has 0 atom stereocenters. The molecule has 2 N–H and O–H groups in total. The van der Waals surface area contributed by atoms with Crippen LogP contribution in [0.5, 0.6) is 5.75 Å². The van der Waals surface area contributed by atoms with Gasteiger partial charge in [-0.25, -0.2) is 0 Å². The molecule has 0 fully saturated rings. The fourth-order valence-corrected chi connectivity index (χ4v) is 1.29. The lowest BCUT2D eigenvalue weighted by Gasteiger charge is -2.06. The summed E-state index contributed by atoms with van der Waals surface area (Å²) in [5, 5.41) is 22.5. The molecular formula is C12H16N2O4. The van der Waals surface area contributed by atoms with Gasteiger partial charge in [0, 0.05) is 7.11 Å². The zero-order valence-electron chi connectivity index (χ0n) is 10.1. The van der Waals surface area contributed by atoms with E-state index < -0.39 is 0 Å². The largest absolute Gasteiger partial charge is 0.487 e. The van der Waals surface area contributed by atoms with Crippen LogP contribution >= 0.6 is 0 Å². The van der Waals surface area contributed by atoms with Gasteiger partial charge in [-0.15, -0.1) is 0 Å². The lowest BCUT2D eigenvalue weighted by atomic mass is 10.1. The maximum Gasteiger partial charge on any atom is 0.138 e. The highest BCUT2D eigenvalue weighted by atomic mass is 16.5. The van der Waals surface area contributed by atoms with Crippen molar-refractivity contribution in [2.75, 3.05) is 20.3 Å². The molecule has 0 heterocycles. The van der Waals surface area contributed by atoms with E-state index in [-0.39, 0.29) is 12.3 Å². The van der Waals surface area contributed by atoms with Gasteiger partial charge in [0.25, 0.3) is 0 Å². The number of nitrogens with zero attached hydrogens (tertiary/aromatic N) is 2. The molecule has 6 heteroatoms. The average molecular weight is 252 g/mol. The molecule has 0 saturated carbocycles. The number of oxime groups is 2. The standard InChI is InChI=1S/C12H16N2O4/c1-17-7-6-10-2-4-12(5-3-10)18-9-11(14-16)8-13-15/h2-5,8,15-16H,6-7,9H2,1H3/b13-8+,14-11-. The van der Waals surface area contributed by atoms with Crippen LogP contribution in [-0.4, -0.2) is 42.7 Å². The van der Waals surface area contributed by atoms with Crippen molar-refractivity contribution in [2.45, 2.75) is 6.42 Å². The van der Waals surface area contributed by atoms with Gasteiger partial charge >= 0.3 is 0 Å². The molecule has 1 aromatic carbocycles. The number of ether oxygens (including phenoxy) is 2. The Balaban J connectivity index is 2.48. The number of methoxy groups -OCH3 is 1. The SMILES string of the molecule is COCCc1ccc(OCC(/C=N/O)=N\O)cc1. The zero-order valence-corrected chi connectivity index (χ0v) is 10.1. The Hall–Kier alpha value is -2.08. The van der Waals surface area contributed by atoms with Crippen molar-refractivity contribution >= 4 is 11.9 Å². The summed E-state index contributed by atoms with van der Waals surface area (Å²) in [5.41, 5.74) is 1.28. The van der Waals surface area contributed by atoms with Crippen molar-refractivity contribution in [2.24, 2.45) is 10.3 Å². The predicted octanol–water partition coefficient (Wildman–Crippen LogP) is 1.54. The van der Waals surface area contributed by atoms with Crippen LogP contribution in [0.25, 0.3) is 0 Å². The third kappa shape index (κ3) is 4.84. The summed E-state index contributed by atoms with van der Waals surface area (Å²) in [6, 6.07) is 7.50. The molecule has 0 aliphatic rings. The quantitative estimate of drug-likeness (QED) is 0.438. The van der Waals surface area contributed by atoms with Crippen LogP contribution in [0.4, 0.5) is 0 Å². The Morgan fingerprint density at radius 2 is 2.00 bits per heavy atom. The molecule has 18 heavy (non-hydrogen) atoms. The van der Waals surface area contributed by atoms with E-state index in [1.54, 1.807) is 7.11 Å². The Morgan fingerprint density at radius 1 is 1.28 bits per heavy atom. The highest BCUT2D eigenvalue weighted by Gasteiger charge is 2.00. The van der Waals surface area contributed by atoms with Gasteiger partial charge in [-0.1, -0.05) is 22.4 Å². The zero-order chi connectivity index (χ0) is 13.2. The van der Waals surface area contributed by atoms with E-state index in [0.717, 1.165) is 18.2 Å². The fraction of sp³-hybridized carbons (Fsp3) is 0.333. The molecule has 0 aliphatic heterocycles. The first-order valence-electron chi connectivity index (χ1n) is 5.39. The topological polar surface area (TPSA) is 83.6 Å². The number of rotatable bonds is 7. The molecule has 0 amide bonds. The Kier molecular flexibility index (Phi) is 6.27. The van der Waals surface area contributed by atoms with Gasteiger partial charge in [0.1, 0.15) is 18.1 Å². The maximum absolute atomic E-state index is 8.57. The van der Waals surface area contributed by atoms with Gasteiger partial charge in [-0.05, 0) is 24.1 Å². The van der Waals surface area contributed by atoms with Gasteiger partial charge in [0.05, 0.1) is 12.8 Å². The average Bonchev–Trinajstić information content (AvgIpc) is 2.42. The van der Waals surface area contributed by atoms with Crippen molar-refractivity contribution in [1.29, 1.82) is 0 Å². The van der Waals surface area contributed by atoms with E-state index in [9.17, 15) is 0 Å². The third-order valence-electron chi connectivity index (χ3n) is 2.24. The van der Waals surface area contributed by atoms with Crippen molar-refractivity contribution in [3.8, 4) is 5.75 Å². The Labute approximate surface area is 105 Å². The molecule has 0 spiro atoms. The van der Waals surface area contributed by atoms with Crippen molar-refractivity contribution < 1.29 is 19.9 Å². The van der Waals surface area contributed by atoms with E-state index >= 15 is 0 Å². The van der Waals surface area contributed by atoms with Gasteiger partial charge in [-0.2, -0.15) is 0 Å². The van der Waals surface area contributed by atoms with Crippen LogP contribution < -0.4 is 4.74 Å². The summed E-state index contributed by atoms with van der Waals surface area (Å²) in [4.78, 5) is 0. The first-order valence-corrected chi connectivity index (χ1v) is 5.39. The molecule has 0 saturated heterocycles. The van der Waals surface area contributed by atoms with Gasteiger partial charge in [0.2, 0.25) is 0 Å². The Bertz CT molecular complexity index is 401. The van der Waals surface area contributed by atoms with Crippen LogP contribution in [-0.2, 0) is 11.2 Å². The first kappa shape index (κ1) is 14.0. The molecule has 1 rings (SSSR count). The molecular weight excluding hydrogens is 236 g/mol. The summed E-state index contributed by atoms with van der Waals surface area (Å²) in [7, 11) is 1.66. The molecule has 98 valence electrons. The predicted molar refractivity (Wildman–Crippen MR) is 67.0 cm³/mol. The van der Waals surface area contributed by atoms with Crippen molar-refractivity contribution in [1.82, 2.24) is 0 Å². The van der Waals surface area contributed by atoms with E-state index in [2.05, 4.69) is 10.3 Å². The van der Waals surface area contributed by atoms with Crippen molar-refractivity contribution in [3.63, 3.8) is 0 Å². The molecule has 0 unspecified atom stereocenters. The van der Waals surface area contributed by atoms with E-state index in [0.29, 0.717) is 12.4 Å². The molecule has 0 aromatic heterocycles. The summed E-state index contributed by atoms with van der Waals surface area (Å²) in [6.45, 7) is 0.701.